The number of nitrogens with zero attached hydrogens (tertiary/aromatic N) is 1. The van der Waals surface area contributed by atoms with Crippen LogP contribution in [0.2, 0.25) is 0 Å². The van der Waals surface area contributed by atoms with E-state index in [0.717, 1.165) is 35.1 Å². The van der Waals surface area contributed by atoms with Crippen molar-refractivity contribution in [1.29, 1.82) is 0 Å². The lowest BCUT2D eigenvalue weighted by Crippen LogP contribution is -2.56. The summed E-state index contributed by atoms with van der Waals surface area (Å²) in [5.74, 6) is -0.551. The number of aryl methyl sites for hydroxylation is 2. The largest absolute Gasteiger partial charge is 0.444 e. The van der Waals surface area contributed by atoms with Crippen molar-refractivity contribution in [1.82, 2.24) is 15.5 Å². The van der Waals surface area contributed by atoms with Gasteiger partial charge in [0.25, 0.3) is 0 Å². The highest BCUT2D eigenvalue weighted by molar-refractivity contribution is 5.93. The van der Waals surface area contributed by atoms with Crippen molar-refractivity contribution >= 4 is 17.9 Å². The number of ether oxygens (including phenoxy) is 1. The Kier molecular flexibility index (Phi) is 12.2. The van der Waals surface area contributed by atoms with Gasteiger partial charge in [0.2, 0.25) is 11.8 Å². The zero-order valence-corrected chi connectivity index (χ0v) is 25.8. The summed E-state index contributed by atoms with van der Waals surface area (Å²) >= 11 is 0. The molecule has 4 atom stereocenters. The maximum Gasteiger partial charge on any atom is 0.408 e. The number of rotatable bonds is 12. The first-order valence-corrected chi connectivity index (χ1v) is 14.5. The van der Waals surface area contributed by atoms with Gasteiger partial charge in [-0.15, -0.1) is 0 Å². The topological polar surface area (TPSA) is 87.7 Å². The van der Waals surface area contributed by atoms with Crippen molar-refractivity contribution in [2.24, 2.45) is 0 Å². The molecule has 7 nitrogen and oxygen atoms in total. The second-order valence-corrected chi connectivity index (χ2v) is 11.9. The summed E-state index contributed by atoms with van der Waals surface area (Å²) in [5, 5.41) is 5.98. The molecule has 0 bridgehead atoms. The van der Waals surface area contributed by atoms with Crippen LogP contribution in [-0.4, -0.2) is 46.5 Å². The molecule has 0 saturated heterocycles. The van der Waals surface area contributed by atoms with Crippen molar-refractivity contribution in [2.45, 2.75) is 118 Å². The fourth-order valence-electron chi connectivity index (χ4n) is 4.85. The molecule has 0 aliphatic heterocycles. The molecule has 0 aliphatic carbocycles. The average molecular weight is 552 g/mol. The summed E-state index contributed by atoms with van der Waals surface area (Å²) in [6.45, 7) is 17.3. The number of hydrogen-bond acceptors (Lipinski definition) is 4. The minimum atomic E-state index is -0.930. The summed E-state index contributed by atoms with van der Waals surface area (Å²) in [6.07, 6.45) is 1.99. The molecule has 0 aliphatic rings. The molecule has 0 saturated carbocycles. The molecule has 3 amide bonds. The van der Waals surface area contributed by atoms with Gasteiger partial charge in [0.1, 0.15) is 17.7 Å². The van der Waals surface area contributed by atoms with Gasteiger partial charge < -0.3 is 20.3 Å². The molecule has 40 heavy (non-hydrogen) atoms. The molecule has 2 N–H and O–H groups in total. The van der Waals surface area contributed by atoms with Crippen LogP contribution in [0.25, 0.3) is 0 Å². The maximum atomic E-state index is 14.5. The van der Waals surface area contributed by atoms with Crippen molar-refractivity contribution in [2.75, 3.05) is 0 Å². The highest BCUT2D eigenvalue weighted by atomic mass is 16.6. The van der Waals surface area contributed by atoms with E-state index < -0.39 is 23.8 Å². The zero-order valence-electron chi connectivity index (χ0n) is 25.8. The third-order valence-corrected chi connectivity index (χ3v) is 6.95. The number of carbonyl (C=O) groups is 3. The number of hydrogen-bond donors (Lipinski definition) is 2. The lowest BCUT2D eigenvalue weighted by Gasteiger charge is -2.39. The van der Waals surface area contributed by atoms with Gasteiger partial charge >= 0.3 is 6.09 Å². The lowest BCUT2D eigenvalue weighted by atomic mass is 9.94. The number of carbonyl (C=O) groups excluding carboxylic acids is 3. The highest BCUT2D eigenvalue weighted by Gasteiger charge is 2.39. The molecule has 2 aromatic carbocycles. The van der Waals surface area contributed by atoms with Crippen molar-refractivity contribution in [3.63, 3.8) is 0 Å². The second kappa shape index (κ2) is 14.9. The zero-order chi connectivity index (χ0) is 30.0. The number of alkyl carbamates (subject to hydrolysis) is 1. The summed E-state index contributed by atoms with van der Waals surface area (Å²) in [7, 11) is 0. The summed E-state index contributed by atoms with van der Waals surface area (Å²) in [4.78, 5) is 43.1. The van der Waals surface area contributed by atoms with Crippen LogP contribution in [0.15, 0.2) is 48.5 Å². The molecule has 220 valence electrons. The Balaban J connectivity index is 2.62. The average Bonchev–Trinajstić information content (AvgIpc) is 2.86. The van der Waals surface area contributed by atoms with Gasteiger partial charge in [-0.1, -0.05) is 74.4 Å². The predicted molar refractivity (Wildman–Crippen MR) is 161 cm³/mol. The number of amides is 3. The van der Waals surface area contributed by atoms with Crippen LogP contribution in [0, 0.1) is 13.8 Å². The molecule has 4 unspecified atom stereocenters. The first-order valence-electron chi connectivity index (χ1n) is 14.5. The van der Waals surface area contributed by atoms with E-state index in [-0.39, 0.29) is 30.3 Å². The Hall–Kier alpha value is -3.35. The molecule has 0 radical (unpaired) electrons. The quantitative estimate of drug-likeness (QED) is 0.319. The molecule has 2 rings (SSSR count). The summed E-state index contributed by atoms with van der Waals surface area (Å²) in [5.41, 5.74) is 2.96. The SMILES string of the molecule is CCCC(C)NC(=O)C(c1ccc(C)cc1C)N(C(=O)C(Cc1ccccc1)NC(=O)OC(C)(C)C)C(C)CC. The molecule has 0 aromatic heterocycles. The Morgan fingerprint density at radius 3 is 2.15 bits per heavy atom. The van der Waals surface area contributed by atoms with Gasteiger partial charge in [-0.2, -0.15) is 0 Å². The van der Waals surface area contributed by atoms with Crippen LogP contribution in [0.5, 0.6) is 0 Å². The summed E-state index contributed by atoms with van der Waals surface area (Å²) < 4.78 is 5.53. The lowest BCUT2D eigenvalue weighted by molar-refractivity contribution is -0.145. The van der Waals surface area contributed by atoms with Crippen molar-refractivity contribution in [3.8, 4) is 0 Å². The molecule has 2 aromatic rings. The van der Waals surface area contributed by atoms with Crippen LogP contribution in [0.3, 0.4) is 0 Å². The first kappa shape index (κ1) is 32.9. The van der Waals surface area contributed by atoms with Crippen molar-refractivity contribution < 1.29 is 19.1 Å². The maximum absolute atomic E-state index is 14.5. The van der Waals surface area contributed by atoms with E-state index in [2.05, 4.69) is 17.6 Å². The van der Waals surface area contributed by atoms with E-state index in [1.165, 1.54) is 0 Å². The van der Waals surface area contributed by atoms with Gasteiger partial charge in [0, 0.05) is 18.5 Å². The van der Waals surface area contributed by atoms with Crippen LogP contribution in [0.4, 0.5) is 4.79 Å². The monoisotopic (exact) mass is 551 g/mol. The third-order valence-electron chi connectivity index (χ3n) is 6.95. The second-order valence-electron chi connectivity index (χ2n) is 11.9. The molecular formula is C33H49N3O4. The molecule has 0 spiro atoms. The number of nitrogens with one attached hydrogen (secondary N) is 2. The predicted octanol–water partition coefficient (Wildman–Crippen LogP) is 6.41. The summed E-state index contributed by atoms with van der Waals surface area (Å²) in [6, 6.07) is 13.4. The van der Waals surface area contributed by atoms with Crippen LogP contribution >= 0.6 is 0 Å². The highest BCUT2D eigenvalue weighted by Crippen LogP contribution is 2.30. The van der Waals surface area contributed by atoms with E-state index in [0.29, 0.717) is 6.42 Å². The van der Waals surface area contributed by atoms with Crippen LogP contribution in [-0.2, 0) is 20.7 Å². The van der Waals surface area contributed by atoms with Crippen molar-refractivity contribution in [3.05, 3.63) is 70.8 Å². The molecule has 0 fully saturated rings. The molecule has 7 heteroatoms. The van der Waals surface area contributed by atoms with Gasteiger partial charge in [0.15, 0.2) is 0 Å². The van der Waals surface area contributed by atoms with Gasteiger partial charge in [-0.3, -0.25) is 9.59 Å². The Morgan fingerprint density at radius 1 is 0.950 bits per heavy atom. The Bertz CT molecular complexity index is 1130. The first-order chi connectivity index (χ1) is 18.8. The Morgan fingerprint density at radius 2 is 1.60 bits per heavy atom. The van der Waals surface area contributed by atoms with E-state index in [9.17, 15) is 14.4 Å². The minimum Gasteiger partial charge on any atom is -0.444 e. The minimum absolute atomic E-state index is 0.0420. The van der Waals surface area contributed by atoms with Gasteiger partial charge in [-0.05, 0) is 78.0 Å². The smallest absolute Gasteiger partial charge is 0.408 e. The third kappa shape index (κ3) is 9.68. The normalized spacial score (nSPS) is 14.4. The molecule has 0 heterocycles. The fraction of sp³-hybridized carbons (Fsp3) is 0.545. The Labute approximate surface area is 241 Å². The van der Waals surface area contributed by atoms with Gasteiger partial charge in [-0.25, -0.2) is 4.79 Å². The fourth-order valence-corrected chi connectivity index (χ4v) is 4.85. The van der Waals surface area contributed by atoms with E-state index in [4.69, 9.17) is 4.74 Å². The van der Waals surface area contributed by atoms with Crippen LogP contribution < -0.4 is 10.6 Å². The standard InChI is InChI=1S/C33H49N3O4/c1-10-15-24(5)34-30(37)29(27-19-18-22(3)20-23(27)4)36(25(6)11-2)31(38)28(21-26-16-13-12-14-17-26)35-32(39)40-33(7,8)9/h12-14,16-20,24-25,28-29H,10-11,15,21H2,1-9H3,(H,34,37)(H,35,39). The molecular weight excluding hydrogens is 502 g/mol. The van der Waals surface area contributed by atoms with E-state index >= 15 is 0 Å². The van der Waals surface area contributed by atoms with Gasteiger partial charge in [0.05, 0.1) is 0 Å². The van der Waals surface area contributed by atoms with E-state index in [1.54, 1.807) is 25.7 Å². The number of benzene rings is 2. The van der Waals surface area contributed by atoms with Crippen LogP contribution in [0.1, 0.15) is 96.0 Å². The van der Waals surface area contributed by atoms with E-state index in [1.807, 2.05) is 83.1 Å².